The zero-order valence-corrected chi connectivity index (χ0v) is 11.7. The van der Waals surface area contributed by atoms with Crippen molar-refractivity contribution in [3.05, 3.63) is 29.8 Å². The molecule has 2 amide bonds. The van der Waals surface area contributed by atoms with Gasteiger partial charge in [-0.15, -0.1) is 0 Å². The maximum atomic E-state index is 12.4. The van der Waals surface area contributed by atoms with E-state index in [9.17, 15) is 19.5 Å². The highest BCUT2D eigenvalue weighted by Gasteiger charge is 2.55. The molecular formula is C15H16N2O5. The lowest BCUT2D eigenvalue weighted by Gasteiger charge is -2.23. The van der Waals surface area contributed by atoms with Gasteiger partial charge in [0.2, 0.25) is 11.8 Å². The van der Waals surface area contributed by atoms with Gasteiger partial charge in [0.25, 0.3) is 0 Å². The molecule has 7 nitrogen and oxygen atoms in total. The largest absolute Gasteiger partial charge is 0.481 e. The monoisotopic (exact) mass is 304 g/mol. The quantitative estimate of drug-likeness (QED) is 0.752. The Labute approximate surface area is 126 Å². The Morgan fingerprint density at radius 1 is 1.09 bits per heavy atom. The summed E-state index contributed by atoms with van der Waals surface area (Å²) in [4.78, 5) is 34.8. The van der Waals surface area contributed by atoms with Crippen molar-refractivity contribution in [2.24, 2.45) is 17.6 Å². The lowest BCUT2D eigenvalue weighted by atomic mass is 9.78. The van der Waals surface area contributed by atoms with Crippen molar-refractivity contribution in [1.82, 2.24) is 0 Å². The molecule has 22 heavy (non-hydrogen) atoms. The molecule has 2 fully saturated rings. The minimum atomic E-state index is -1.00. The van der Waals surface area contributed by atoms with Gasteiger partial charge in [0.05, 0.1) is 24.0 Å². The van der Waals surface area contributed by atoms with Gasteiger partial charge in [0, 0.05) is 11.3 Å². The summed E-state index contributed by atoms with van der Waals surface area (Å²) in [7, 11) is 0. The fraction of sp³-hybridized carbons (Fsp3) is 0.400. The number of ether oxygens (including phenoxy) is 1. The molecule has 1 aromatic carbocycles. The first-order valence-electron chi connectivity index (χ1n) is 7.06. The normalized spacial score (nSPS) is 29.3. The van der Waals surface area contributed by atoms with E-state index in [4.69, 9.17) is 10.5 Å². The number of carboxylic acids is 1. The van der Waals surface area contributed by atoms with Crippen molar-refractivity contribution in [2.45, 2.75) is 25.0 Å². The number of carbonyl (C=O) groups is 3. The molecule has 116 valence electrons. The van der Waals surface area contributed by atoms with Crippen LogP contribution in [0.15, 0.2) is 24.3 Å². The molecule has 2 heterocycles. The summed E-state index contributed by atoms with van der Waals surface area (Å²) in [5, 5.41) is 12.0. The van der Waals surface area contributed by atoms with Crippen molar-refractivity contribution in [3.8, 4) is 0 Å². The molecule has 7 heteroatoms. The summed E-state index contributed by atoms with van der Waals surface area (Å²) in [6, 6.07) is 6.12. The second kappa shape index (κ2) is 5.42. The number of hydrogen-bond acceptors (Lipinski definition) is 4. The van der Waals surface area contributed by atoms with Crippen LogP contribution in [0.5, 0.6) is 0 Å². The van der Waals surface area contributed by atoms with E-state index in [1.165, 1.54) is 12.1 Å². The Morgan fingerprint density at radius 2 is 1.68 bits per heavy atom. The van der Waals surface area contributed by atoms with Crippen molar-refractivity contribution in [3.63, 3.8) is 0 Å². The Hall–Kier alpha value is -2.41. The SMILES string of the molecule is NC(=O)c1ccc(NC(=O)[C@@H]2[C@H](C(=O)O)[C@H]3CC[C@H]2O3)cc1. The number of amides is 2. The molecule has 2 aliphatic heterocycles. The third-order valence-electron chi connectivity index (χ3n) is 4.30. The van der Waals surface area contributed by atoms with Gasteiger partial charge in [-0.05, 0) is 37.1 Å². The highest BCUT2D eigenvalue weighted by atomic mass is 16.5. The number of nitrogens with one attached hydrogen (secondary N) is 1. The number of aliphatic carboxylic acids is 1. The van der Waals surface area contributed by atoms with E-state index in [-0.39, 0.29) is 18.1 Å². The van der Waals surface area contributed by atoms with Gasteiger partial charge in [0.1, 0.15) is 0 Å². The summed E-state index contributed by atoms with van der Waals surface area (Å²) in [5.41, 5.74) is 5.97. The van der Waals surface area contributed by atoms with Crippen molar-refractivity contribution in [1.29, 1.82) is 0 Å². The molecule has 0 radical (unpaired) electrons. The lowest BCUT2D eigenvalue weighted by Crippen LogP contribution is -2.40. The van der Waals surface area contributed by atoms with E-state index in [2.05, 4.69) is 5.32 Å². The third-order valence-corrected chi connectivity index (χ3v) is 4.30. The number of nitrogens with two attached hydrogens (primary N) is 1. The first kappa shape index (κ1) is 14.5. The fourth-order valence-electron chi connectivity index (χ4n) is 3.27. The lowest BCUT2D eigenvalue weighted by molar-refractivity contribution is -0.147. The van der Waals surface area contributed by atoms with Gasteiger partial charge in [-0.2, -0.15) is 0 Å². The predicted octanol–water partition coefficient (Wildman–Crippen LogP) is 0.602. The molecule has 2 aliphatic rings. The molecule has 2 bridgehead atoms. The second-order valence-corrected chi connectivity index (χ2v) is 5.61. The van der Waals surface area contributed by atoms with Crippen LogP contribution in [0.3, 0.4) is 0 Å². The van der Waals surface area contributed by atoms with Gasteiger partial charge in [-0.1, -0.05) is 0 Å². The average molecular weight is 304 g/mol. The number of benzene rings is 1. The van der Waals surface area contributed by atoms with Gasteiger partial charge in [-0.25, -0.2) is 0 Å². The van der Waals surface area contributed by atoms with Gasteiger partial charge >= 0.3 is 5.97 Å². The zero-order chi connectivity index (χ0) is 15.9. The first-order chi connectivity index (χ1) is 10.5. The van der Waals surface area contributed by atoms with E-state index in [0.29, 0.717) is 24.1 Å². The Bertz CT molecular complexity index is 627. The molecule has 1 aromatic rings. The summed E-state index contributed by atoms with van der Waals surface area (Å²) in [6.07, 6.45) is 0.665. The summed E-state index contributed by atoms with van der Waals surface area (Å²) in [5.74, 6) is -3.41. The minimum Gasteiger partial charge on any atom is -0.481 e. The third kappa shape index (κ3) is 2.43. The standard InChI is InChI=1S/C15H16N2O5/c16-13(18)7-1-3-8(4-2-7)17-14(19)11-9-5-6-10(22-9)12(11)15(20)21/h1-4,9-12H,5-6H2,(H2,16,18)(H,17,19)(H,20,21)/t9-,10-,11+,12-/m1/s1. The van der Waals surface area contributed by atoms with Crippen molar-refractivity contribution in [2.75, 3.05) is 5.32 Å². The fourth-order valence-corrected chi connectivity index (χ4v) is 3.27. The summed E-state index contributed by atoms with van der Waals surface area (Å²) < 4.78 is 5.57. The molecule has 2 saturated heterocycles. The molecule has 0 spiro atoms. The first-order valence-corrected chi connectivity index (χ1v) is 7.06. The van der Waals surface area contributed by atoms with Crippen LogP contribution in [0.25, 0.3) is 0 Å². The van der Waals surface area contributed by atoms with Gasteiger partial charge in [-0.3, -0.25) is 14.4 Å². The highest BCUT2D eigenvalue weighted by Crippen LogP contribution is 2.44. The van der Waals surface area contributed by atoms with E-state index in [1.54, 1.807) is 12.1 Å². The highest BCUT2D eigenvalue weighted by molar-refractivity contribution is 5.97. The Morgan fingerprint density at radius 3 is 2.23 bits per heavy atom. The van der Waals surface area contributed by atoms with Crippen LogP contribution in [0.4, 0.5) is 5.69 Å². The van der Waals surface area contributed by atoms with Crippen LogP contribution in [0, 0.1) is 11.8 Å². The van der Waals surface area contributed by atoms with Crippen LogP contribution in [0.2, 0.25) is 0 Å². The zero-order valence-electron chi connectivity index (χ0n) is 11.7. The Kier molecular flexibility index (Phi) is 3.58. The van der Waals surface area contributed by atoms with E-state index >= 15 is 0 Å². The number of primary amides is 1. The van der Waals surface area contributed by atoms with Gasteiger partial charge in [0.15, 0.2) is 0 Å². The van der Waals surface area contributed by atoms with E-state index < -0.39 is 23.7 Å². The molecule has 4 atom stereocenters. The molecule has 3 rings (SSSR count). The molecule has 0 unspecified atom stereocenters. The molecule has 0 saturated carbocycles. The number of hydrogen-bond donors (Lipinski definition) is 3. The van der Waals surface area contributed by atoms with E-state index in [0.717, 1.165) is 0 Å². The van der Waals surface area contributed by atoms with Crippen molar-refractivity contribution < 1.29 is 24.2 Å². The molecule has 0 aliphatic carbocycles. The van der Waals surface area contributed by atoms with Crippen LogP contribution < -0.4 is 11.1 Å². The maximum absolute atomic E-state index is 12.4. The number of carboxylic acid groups (broad SMARTS) is 1. The van der Waals surface area contributed by atoms with E-state index in [1.807, 2.05) is 0 Å². The second-order valence-electron chi connectivity index (χ2n) is 5.61. The number of anilines is 1. The Balaban J connectivity index is 1.73. The number of fused-ring (bicyclic) bond motifs is 2. The van der Waals surface area contributed by atoms with Crippen LogP contribution in [-0.2, 0) is 14.3 Å². The summed E-state index contributed by atoms with van der Waals surface area (Å²) in [6.45, 7) is 0. The predicted molar refractivity (Wildman–Crippen MR) is 76.1 cm³/mol. The van der Waals surface area contributed by atoms with Crippen LogP contribution in [0.1, 0.15) is 23.2 Å². The number of carbonyl (C=O) groups excluding carboxylic acids is 2. The number of rotatable bonds is 4. The maximum Gasteiger partial charge on any atom is 0.310 e. The van der Waals surface area contributed by atoms with Crippen LogP contribution >= 0.6 is 0 Å². The van der Waals surface area contributed by atoms with Crippen molar-refractivity contribution >= 4 is 23.5 Å². The average Bonchev–Trinajstić information content (AvgIpc) is 3.08. The molecule has 4 N–H and O–H groups in total. The smallest absolute Gasteiger partial charge is 0.310 e. The van der Waals surface area contributed by atoms with Crippen LogP contribution in [-0.4, -0.2) is 35.1 Å². The summed E-state index contributed by atoms with van der Waals surface area (Å²) >= 11 is 0. The molecular weight excluding hydrogens is 288 g/mol. The topological polar surface area (TPSA) is 119 Å². The molecule has 0 aromatic heterocycles. The minimum absolute atomic E-state index is 0.337. The van der Waals surface area contributed by atoms with Gasteiger partial charge < -0.3 is 20.9 Å².